The third-order valence-electron chi connectivity index (χ3n) is 1.79. The lowest BCUT2D eigenvalue weighted by Gasteiger charge is -2.00. The number of carbonyl (C=O) groups is 1. The molecule has 0 atom stereocenters. The molecule has 0 saturated heterocycles. The molecule has 0 bridgehead atoms. The van der Waals surface area contributed by atoms with Crippen LogP contribution in [0.25, 0.3) is 0 Å². The molecule has 66 valence electrons. The van der Waals surface area contributed by atoms with Gasteiger partial charge in [0.2, 0.25) is 0 Å². The first-order valence-corrected chi connectivity index (χ1v) is 3.58. The second-order valence-corrected chi connectivity index (χ2v) is 2.53. The van der Waals surface area contributed by atoms with E-state index >= 15 is 0 Å². The molecule has 5 heteroatoms. The van der Waals surface area contributed by atoms with Crippen LogP contribution in [0.5, 0.6) is 0 Å². The largest absolute Gasteiger partial charge is 0.371 e. The van der Waals surface area contributed by atoms with Gasteiger partial charge in [-0.05, 0) is 6.92 Å². The van der Waals surface area contributed by atoms with E-state index in [1.54, 1.807) is 18.7 Å². The molecule has 1 aromatic rings. The van der Waals surface area contributed by atoms with E-state index in [1.165, 1.54) is 0 Å². The molecule has 0 aromatic carbocycles. The molecular formula is C7H12N4O. The normalized spacial score (nSPS) is 9.92. The molecule has 0 radical (unpaired) electrons. The molecule has 1 rings (SSSR count). The first kappa shape index (κ1) is 8.58. The molecule has 0 spiro atoms. The summed E-state index contributed by atoms with van der Waals surface area (Å²) in [6.07, 6.45) is 0. The molecule has 1 amide bonds. The number of carbonyl (C=O) groups excluding carboxylic acids is 1. The SMILES string of the molecule is CNc1nc(C)n(C)c1C(N)=O. The minimum absolute atomic E-state index is 0.412. The van der Waals surface area contributed by atoms with Gasteiger partial charge in [0.15, 0.2) is 11.5 Å². The van der Waals surface area contributed by atoms with Crippen LogP contribution in [0, 0.1) is 6.92 Å². The van der Waals surface area contributed by atoms with Crippen molar-refractivity contribution in [3.63, 3.8) is 0 Å². The van der Waals surface area contributed by atoms with Gasteiger partial charge in [-0.15, -0.1) is 0 Å². The molecule has 0 aliphatic heterocycles. The van der Waals surface area contributed by atoms with Crippen LogP contribution in [0.2, 0.25) is 0 Å². The van der Waals surface area contributed by atoms with Gasteiger partial charge < -0.3 is 15.6 Å². The van der Waals surface area contributed by atoms with Crippen molar-refractivity contribution >= 4 is 11.7 Å². The molecule has 1 aromatic heterocycles. The Hall–Kier alpha value is -1.52. The van der Waals surface area contributed by atoms with Crippen LogP contribution in [0.3, 0.4) is 0 Å². The average molecular weight is 168 g/mol. The molecule has 5 nitrogen and oxygen atoms in total. The number of nitrogens with two attached hydrogens (primary N) is 1. The third-order valence-corrected chi connectivity index (χ3v) is 1.79. The molecule has 0 saturated carbocycles. The Labute approximate surface area is 70.6 Å². The zero-order valence-electron chi connectivity index (χ0n) is 7.38. The maximum absolute atomic E-state index is 10.9. The molecular weight excluding hydrogens is 156 g/mol. The summed E-state index contributed by atoms with van der Waals surface area (Å²) in [4.78, 5) is 15.0. The van der Waals surface area contributed by atoms with Crippen LogP contribution in [-0.4, -0.2) is 22.5 Å². The number of hydrogen-bond acceptors (Lipinski definition) is 3. The van der Waals surface area contributed by atoms with E-state index < -0.39 is 5.91 Å². The van der Waals surface area contributed by atoms with Gasteiger partial charge >= 0.3 is 0 Å². The van der Waals surface area contributed by atoms with Crippen molar-refractivity contribution in [2.24, 2.45) is 12.8 Å². The summed E-state index contributed by atoms with van der Waals surface area (Å²) in [5, 5.41) is 2.81. The van der Waals surface area contributed by atoms with Crippen molar-refractivity contribution in [1.29, 1.82) is 0 Å². The van der Waals surface area contributed by atoms with Crippen LogP contribution in [0.15, 0.2) is 0 Å². The fourth-order valence-corrected chi connectivity index (χ4v) is 1.07. The highest BCUT2D eigenvalue weighted by atomic mass is 16.1. The summed E-state index contributed by atoms with van der Waals surface area (Å²) in [6.45, 7) is 1.81. The van der Waals surface area contributed by atoms with Crippen molar-refractivity contribution in [2.75, 3.05) is 12.4 Å². The first-order chi connectivity index (χ1) is 5.57. The van der Waals surface area contributed by atoms with Gasteiger partial charge in [0.25, 0.3) is 5.91 Å². The van der Waals surface area contributed by atoms with Gasteiger partial charge in [0.05, 0.1) is 0 Å². The van der Waals surface area contributed by atoms with Crippen LogP contribution < -0.4 is 11.1 Å². The molecule has 1 heterocycles. The molecule has 12 heavy (non-hydrogen) atoms. The zero-order chi connectivity index (χ0) is 9.30. The summed E-state index contributed by atoms with van der Waals surface area (Å²) in [5.74, 6) is 0.818. The van der Waals surface area contributed by atoms with Gasteiger partial charge in [0, 0.05) is 14.1 Å². The van der Waals surface area contributed by atoms with Crippen LogP contribution in [0.1, 0.15) is 16.3 Å². The highest BCUT2D eigenvalue weighted by Crippen LogP contribution is 2.13. The number of aromatic nitrogens is 2. The van der Waals surface area contributed by atoms with E-state index in [4.69, 9.17) is 5.73 Å². The Morgan fingerprint density at radius 2 is 2.25 bits per heavy atom. The standard InChI is InChI=1S/C7H12N4O/c1-4-10-7(9-2)5(6(8)12)11(4)3/h9H,1-3H3,(H2,8,12). The molecule has 0 fully saturated rings. The average Bonchev–Trinajstić information content (AvgIpc) is 2.28. The number of nitrogens with one attached hydrogen (secondary N) is 1. The predicted octanol–water partition coefficient (Wildman–Crippen LogP) is -0.131. The van der Waals surface area contributed by atoms with Gasteiger partial charge in [-0.2, -0.15) is 0 Å². The Kier molecular flexibility index (Phi) is 2.03. The molecule has 0 aliphatic rings. The van der Waals surface area contributed by atoms with Crippen molar-refractivity contribution in [3.05, 3.63) is 11.5 Å². The quantitative estimate of drug-likeness (QED) is 0.646. The van der Waals surface area contributed by atoms with Gasteiger partial charge in [-0.1, -0.05) is 0 Å². The first-order valence-electron chi connectivity index (χ1n) is 3.58. The maximum atomic E-state index is 10.9. The summed E-state index contributed by atoms with van der Waals surface area (Å²) in [5.41, 5.74) is 5.58. The summed E-state index contributed by atoms with van der Waals surface area (Å²) < 4.78 is 1.66. The second kappa shape index (κ2) is 2.84. The Morgan fingerprint density at radius 1 is 1.67 bits per heavy atom. The number of imidazole rings is 1. The lowest BCUT2D eigenvalue weighted by molar-refractivity contribution is 0.0993. The van der Waals surface area contributed by atoms with E-state index in [-0.39, 0.29) is 0 Å². The second-order valence-electron chi connectivity index (χ2n) is 2.53. The fraction of sp³-hybridized carbons (Fsp3) is 0.429. The van der Waals surface area contributed by atoms with E-state index in [1.807, 2.05) is 6.92 Å². The van der Waals surface area contributed by atoms with E-state index in [0.717, 1.165) is 5.82 Å². The van der Waals surface area contributed by atoms with Crippen LogP contribution in [-0.2, 0) is 7.05 Å². The Balaban J connectivity index is 3.31. The number of hydrogen-bond donors (Lipinski definition) is 2. The van der Waals surface area contributed by atoms with Crippen LogP contribution in [0.4, 0.5) is 5.82 Å². The zero-order valence-corrected chi connectivity index (χ0v) is 7.38. The Morgan fingerprint density at radius 3 is 2.58 bits per heavy atom. The highest BCUT2D eigenvalue weighted by Gasteiger charge is 2.15. The van der Waals surface area contributed by atoms with Crippen LogP contribution >= 0.6 is 0 Å². The van der Waals surface area contributed by atoms with Gasteiger partial charge in [-0.3, -0.25) is 4.79 Å². The highest BCUT2D eigenvalue weighted by molar-refractivity contribution is 5.96. The minimum Gasteiger partial charge on any atom is -0.371 e. The lowest BCUT2D eigenvalue weighted by atomic mass is 10.4. The lowest BCUT2D eigenvalue weighted by Crippen LogP contribution is -2.17. The topological polar surface area (TPSA) is 72.9 Å². The molecule has 0 unspecified atom stereocenters. The van der Waals surface area contributed by atoms with E-state index in [2.05, 4.69) is 10.3 Å². The number of primary amides is 1. The summed E-state index contributed by atoms with van der Waals surface area (Å²) in [7, 11) is 3.46. The maximum Gasteiger partial charge on any atom is 0.269 e. The predicted molar refractivity (Wildman–Crippen MR) is 46.0 cm³/mol. The van der Waals surface area contributed by atoms with E-state index in [9.17, 15) is 4.79 Å². The number of rotatable bonds is 2. The van der Waals surface area contributed by atoms with Crippen molar-refractivity contribution in [2.45, 2.75) is 6.92 Å². The van der Waals surface area contributed by atoms with Gasteiger partial charge in [0.1, 0.15) is 5.82 Å². The molecule has 3 N–H and O–H groups in total. The number of amides is 1. The van der Waals surface area contributed by atoms with Crippen molar-refractivity contribution in [3.8, 4) is 0 Å². The minimum atomic E-state index is -0.470. The Bertz CT molecular complexity index is 315. The third kappa shape index (κ3) is 1.13. The van der Waals surface area contributed by atoms with Gasteiger partial charge in [-0.25, -0.2) is 4.98 Å². The fourth-order valence-electron chi connectivity index (χ4n) is 1.07. The monoisotopic (exact) mass is 168 g/mol. The van der Waals surface area contributed by atoms with Crippen molar-refractivity contribution < 1.29 is 4.79 Å². The summed E-state index contributed by atoms with van der Waals surface area (Å²) in [6, 6.07) is 0. The number of aryl methyl sites for hydroxylation is 1. The summed E-state index contributed by atoms with van der Waals surface area (Å²) >= 11 is 0. The van der Waals surface area contributed by atoms with Crippen molar-refractivity contribution in [1.82, 2.24) is 9.55 Å². The molecule has 0 aliphatic carbocycles. The smallest absolute Gasteiger partial charge is 0.269 e. The number of anilines is 1. The number of nitrogens with zero attached hydrogens (tertiary/aromatic N) is 2. The van der Waals surface area contributed by atoms with E-state index in [0.29, 0.717) is 11.5 Å².